The Balaban J connectivity index is -0.0000000891. The van der Waals surface area contributed by atoms with Crippen LogP contribution in [-0.4, -0.2) is 26.2 Å². The molecule has 4 nitrogen and oxygen atoms in total. The highest BCUT2D eigenvalue weighted by Gasteiger charge is 2.34. The maximum absolute atomic E-state index is 5.34. The summed E-state index contributed by atoms with van der Waals surface area (Å²) in [4.78, 5) is 0. The van der Waals surface area contributed by atoms with Gasteiger partial charge in [0.15, 0.2) is 0 Å². The molecule has 116 valence electrons. The van der Waals surface area contributed by atoms with Gasteiger partial charge in [-0.2, -0.15) is 0 Å². The molecule has 0 aromatic carbocycles. The predicted molar refractivity (Wildman–Crippen MR) is 88.4 cm³/mol. The van der Waals surface area contributed by atoms with E-state index in [2.05, 4.69) is 0 Å². The average Bonchev–Trinajstić information content (AvgIpc) is 3.12. The fraction of sp³-hybridized carbons (Fsp3) is 1.00. The Hall–Kier alpha value is 1.000. The van der Waals surface area contributed by atoms with Gasteiger partial charge in [-0.25, -0.2) is 0 Å². The van der Waals surface area contributed by atoms with E-state index in [4.69, 9.17) is 22.9 Å². The summed E-state index contributed by atoms with van der Waals surface area (Å²) >= 11 is 0. The van der Waals surface area contributed by atoms with E-state index in [0.717, 1.165) is 49.9 Å². The standard InChI is InChI=1S/2C5H12N2.4ClH/c2*6-2-4-1-5(4)3-7;;;;/h2*4-5H,1-3,6-7H2;4*1H/t2*4-,5-;;;;/m10..../s1. The molecule has 4 atom stereocenters. The lowest BCUT2D eigenvalue weighted by Gasteiger charge is -1.86. The minimum Gasteiger partial charge on any atom is -0.330 e. The number of hydrogen-bond donors (Lipinski definition) is 4. The van der Waals surface area contributed by atoms with Gasteiger partial charge in [0.05, 0.1) is 0 Å². The van der Waals surface area contributed by atoms with Crippen molar-refractivity contribution in [1.29, 1.82) is 0 Å². The summed E-state index contributed by atoms with van der Waals surface area (Å²) in [6, 6.07) is 0. The van der Waals surface area contributed by atoms with Crippen LogP contribution >= 0.6 is 49.6 Å². The molecule has 0 spiro atoms. The van der Waals surface area contributed by atoms with Crippen LogP contribution in [0.5, 0.6) is 0 Å². The van der Waals surface area contributed by atoms with Crippen LogP contribution in [-0.2, 0) is 0 Å². The summed E-state index contributed by atoms with van der Waals surface area (Å²) in [5.74, 6) is 3.07. The van der Waals surface area contributed by atoms with Crippen LogP contribution < -0.4 is 22.9 Å². The van der Waals surface area contributed by atoms with Crippen LogP contribution in [0.15, 0.2) is 0 Å². The first-order valence-electron chi connectivity index (χ1n) is 5.57. The van der Waals surface area contributed by atoms with Gasteiger partial charge in [-0.3, -0.25) is 0 Å². The molecule has 0 saturated heterocycles. The quantitative estimate of drug-likeness (QED) is 0.603. The van der Waals surface area contributed by atoms with Crippen molar-refractivity contribution >= 4 is 49.6 Å². The van der Waals surface area contributed by atoms with E-state index in [1.54, 1.807) is 0 Å². The molecule has 0 aliphatic heterocycles. The molecule has 8 N–H and O–H groups in total. The molecule has 0 radical (unpaired) electrons. The SMILES string of the molecule is Cl.Cl.Cl.Cl.NC[C@@H]1C[C@H]1CN.NC[C@H]1C[C@@H]1CN. The van der Waals surface area contributed by atoms with Crippen molar-refractivity contribution in [3.05, 3.63) is 0 Å². The molecule has 2 aliphatic carbocycles. The Morgan fingerprint density at radius 2 is 0.667 bits per heavy atom. The second-order valence-corrected chi connectivity index (χ2v) is 4.45. The zero-order chi connectivity index (χ0) is 10.6. The summed E-state index contributed by atoms with van der Waals surface area (Å²) < 4.78 is 0. The molecule has 0 aromatic heterocycles. The molecule has 0 heterocycles. The Morgan fingerprint density at radius 1 is 0.500 bits per heavy atom. The van der Waals surface area contributed by atoms with Crippen molar-refractivity contribution in [3.8, 4) is 0 Å². The zero-order valence-corrected chi connectivity index (χ0v) is 13.8. The fourth-order valence-corrected chi connectivity index (χ4v) is 1.78. The molecule has 2 saturated carbocycles. The first-order valence-corrected chi connectivity index (χ1v) is 5.57. The number of nitrogens with two attached hydrogens (primary N) is 4. The van der Waals surface area contributed by atoms with Crippen LogP contribution in [0, 0.1) is 23.7 Å². The highest BCUT2D eigenvalue weighted by molar-refractivity contribution is 5.86. The first-order chi connectivity index (χ1) is 6.76. The highest BCUT2D eigenvalue weighted by Crippen LogP contribution is 2.36. The fourth-order valence-electron chi connectivity index (χ4n) is 1.78. The van der Waals surface area contributed by atoms with Crippen LogP contribution in [0.4, 0.5) is 0 Å². The van der Waals surface area contributed by atoms with Crippen molar-refractivity contribution in [2.24, 2.45) is 46.6 Å². The normalized spacial score (nSPS) is 30.0. The van der Waals surface area contributed by atoms with Crippen molar-refractivity contribution in [1.82, 2.24) is 0 Å². The van der Waals surface area contributed by atoms with Crippen LogP contribution in [0.1, 0.15) is 12.8 Å². The third-order valence-corrected chi connectivity index (χ3v) is 3.35. The largest absolute Gasteiger partial charge is 0.330 e. The zero-order valence-electron chi connectivity index (χ0n) is 10.5. The van der Waals surface area contributed by atoms with Crippen molar-refractivity contribution in [2.75, 3.05) is 26.2 Å². The van der Waals surface area contributed by atoms with E-state index >= 15 is 0 Å². The third kappa shape index (κ3) is 9.87. The number of hydrogen-bond acceptors (Lipinski definition) is 4. The summed E-state index contributed by atoms with van der Waals surface area (Å²) in [7, 11) is 0. The van der Waals surface area contributed by atoms with Crippen molar-refractivity contribution in [2.45, 2.75) is 12.8 Å². The molecule has 2 rings (SSSR count). The Bertz CT molecular complexity index is 142. The highest BCUT2D eigenvalue weighted by atomic mass is 35.5. The first kappa shape index (κ1) is 27.4. The van der Waals surface area contributed by atoms with Crippen LogP contribution in [0.25, 0.3) is 0 Å². The van der Waals surface area contributed by atoms with Crippen molar-refractivity contribution in [3.63, 3.8) is 0 Å². The van der Waals surface area contributed by atoms with Crippen molar-refractivity contribution < 1.29 is 0 Å². The molecule has 0 bridgehead atoms. The Labute approximate surface area is 135 Å². The van der Waals surface area contributed by atoms with Gasteiger partial charge in [0.25, 0.3) is 0 Å². The lowest BCUT2D eigenvalue weighted by molar-refractivity contribution is 0.715. The number of halogens is 4. The molecular formula is C10H28Cl4N4. The molecule has 8 heteroatoms. The molecule has 0 amide bonds. The van der Waals surface area contributed by atoms with E-state index < -0.39 is 0 Å². The van der Waals surface area contributed by atoms with Gasteiger partial charge in [-0.1, -0.05) is 0 Å². The van der Waals surface area contributed by atoms with Gasteiger partial charge < -0.3 is 22.9 Å². The van der Waals surface area contributed by atoms with E-state index in [0.29, 0.717) is 0 Å². The minimum atomic E-state index is 0. The van der Waals surface area contributed by atoms with Gasteiger partial charge in [0.1, 0.15) is 0 Å². The van der Waals surface area contributed by atoms with Crippen LogP contribution in [0.3, 0.4) is 0 Å². The van der Waals surface area contributed by atoms with E-state index in [-0.39, 0.29) is 49.6 Å². The van der Waals surface area contributed by atoms with Gasteiger partial charge in [-0.05, 0) is 62.7 Å². The Kier molecular flexibility index (Phi) is 21.9. The monoisotopic (exact) mass is 344 g/mol. The van der Waals surface area contributed by atoms with Gasteiger partial charge in [0, 0.05) is 0 Å². The molecule has 0 aromatic rings. The lowest BCUT2D eigenvalue weighted by Crippen LogP contribution is -2.08. The number of rotatable bonds is 4. The maximum Gasteiger partial charge on any atom is -0.00456 e. The minimum absolute atomic E-state index is 0. The maximum atomic E-state index is 5.34. The van der Waals surface area contributed by atoms with E-state index in [1.807, 2.05) is 0 Å². The summed E-state index contributed by atoms with van der Waals surface area (Å²) in [6.07, 6.45) is 2.54. The summed E-state index contributed by atoms with van der Waals surface area (Å²) in [5, 5.41) is 0. The smallest absolute Gasteiger partial charge is 0.00456 e. The van der Waals surface area contributed by atoms with E-state index in [1.165, 1.54) is 12.8 Å². The summed E-state index contributed by atoms with van der Waals surface area (Å²) in [5.41, 5.74) is 21.4. The average molecular weight is 346 g/mol. The van der Waals surface area contributed by atoms with Gasteiger partial charge in [0.2, 0.25) is 0 Å². The van der Waals surface area contributed by atoms with Gasteiger partial charge >= 0.3 is 0 Å². The molecular weight excluding hydrogens is 318 g/mol. The predicted octanol–water partition coefficient (Wildman–Crippen LogP) is 0.767. The van der Waals surface area contributed by atoms with E-state index in [9.17, 15) is 0 Å². The van der Waals surface area contributed by atoms with Crippen LogP contribution in [0.2, 0.25) is 0 Å². The summed E-state index contributed by atoms with van der Waals surface area (Å²) in [6.45, 7) is 3.34. The third-order valence-electron chi connectivity index (χ3n) is 3.35. The molecule has 2 fully saturated rings. The van der Waals surface area contributed by atoms with Gasteiger partial charge in [-0.15, -0.1) is 49.6 Å². The lowest BCUT2D eigenvalue weighted by atomic mass is 10.3. The second-order valence-electron chi connectivity index (χ2n) is 4.45. The Morgan fingerprint density at radius 3 is 0.722 bits per heavy atom. The molecule has 2 aliphatic rings. The molecule has 18 heavy (non-hydrogen) atoms. The topological polar surface area (TPSA) is 104 Å². The molecule has 0 unspecified atom stereocenters. The second kappa shape index (κ2) is 14.4.